The molecule has 116 valence electrons. The second-order valence-electron chi connectivity index (χ2n) is 5.58. The first-order valence-corrected chi connectivity index (χ1v) is 7.74. The highest BCUT2D eigenvalue weighted by Gasteiger charge is 2.13. The fraction of sp³-hybridized carbons (Fsp3) is 0.800. The van der Waals surface area contributed by atoms with Crippen LogP contribution in [-0.2, 0) is 6.54 Å². The third-order valence-corrected chi connectivity index (χ3v) is 3.97. The van der Waals surface area contributed by atoms with Crippen LogP contribution in [0.1, 0.15) is 51.4 Å². The highest BCUT2D eigenvalue weighted by molar-refractivity contribution is 5.85. The van der Waals surface area contributed by atoms with E-state index in [0.717, 1.165) is 44.2 Å². The van der Waals surface area contributed by atoms with Crippen LogP contribution in [-0.4, -0.2) is 22.9 Å². The van der Waals surface area contributed by atoms with Crippen LogP contribution in [0.2, 0.25) is 0 Å². The van der Waals surface area contributed by atoms with Crippen molar-refractivity contribution < 1.29 is 4.74 Å². The molecule has 0 unspecified atom stereocenters. The zero-order valence-electron chi connectivity index (χ0n) is 12.3. The Bertz CT molecular complexity index is 351. The van der Waals surface area contributed by atoms with Gasteiger partial charge in [-0.3, -0.25) is 4.68 Å². The number of halogens is 1. The van der Waals surface area contributed by atoms with E-state index in [-0.39, 0.29) is 12.4 Å². The summed E-state index contributed by atoms with van der Waals surface area (Å²) in [5, 5.41) is 4.37. The van der Waals surface area contributed by atoms with Gasteiger partial charge < -0.3 is 10.5 Å². The molecule has 0 aliphatic heterocycles. The number of hydrogen-bond donors (Lipinski definition) is 1. The van der Waals surface area contributed by atoms with E-state index in [4.69, 9.17) is 10.5 Å². The number of hydrogen-bond acceptors (Lipinski definition) is 3. The van der Waals surface area contributed by atoms with Crippen molar-refractivity contribution in [1.82, 2.24) is 9.78 Å². The summed E-state index contributed by atoms with van der Waals surface area (Å²) < 4.78 is 7.66. The number of rotatable bonds is 8. The van der Waals surface area contributed by atoms with Crippen LogP contribution in [0.15, 0.2) is 12.4 Å². The first kappa shape index (κ1) is 17.3. The van der Waals surface area contributed by atoms with Crippen molar-refractivity contribution in [3.8, 4) is 5.75 Å². The van der Waals surface area contributed by atoms with Gasteiger partial charge in [0.1, 0.15) is 0 Å². The lowest BCUT2D eigenvalue weighted by Crippen LogP contribution is -2.10. The topological polar surface area (TPSA) is 53.1 Å². The Balaban J connectivity index is 0.00000200. The smallest absolute Gasteiger partial charge is 0.157 e. The molecule has 1 aromatic heterocycles. The van der Waals surface area contributed by atoms with E-state index in [1.165, 1.54) is 38.5 Å². The first-order valence-electron chi connectivity index (χ1n) is 7.74. The molecular formula is C15H28ClN3O. The van der Waals surface area contributed by atoms with Gasteiger partial charge in [0.2, 0.25) is 0 Å². The number of ether oxygens (including phenoxy) is 1. The van der Waals surface area contributed by atoms with Crippen LogP contribution in [0, 0.1) is 5.92 Å². The highest BCUT2D eigenvalue weighted by atomic mass is 35.5. The van der Waals surface area contributed by atoms with Crippen molar-refractivity contribution >= 4 is 12.4 Å². The average Bonchev–Trinajstić information content (AvgIpc) is 2.91. The summed E-state index contributed by atoms with van der Waals surface area (Å²) in [5.41, 5.74) is 5.45. The summed E-state index contributed by atoms with van der Waals surface area (Å²) in [5.74, 6) is 1.80. The van der Waals surface area contributed by atoms with E-state index in [1.54, 1.807) is 0 Å². The molecule has 1 aromatic rings. The minimum absolute atomic E-state index is 0. The zero-order chi connectivity index (χ0) is 13.3. The number of unbranched alkanes of at least 4 members (excludes halogenated alkanes) is 1. The van der Waals surface area contributed by atoms with Gasteiger partial charge in [0.05, 0.1) is 19.0 Å². The summed E-state index contributed by atoms with van der Waals surface area (Å²) in [4.78, 5) is 0. The Morgan fingerprint density at radius 3 is 2.80 bits per heavy atom. The van der Waals surface area contributed by atoms with Gasteiger partial charge in [-0.1, -0.05) is 32.1 Å². The molecule has 2 rings (SSSR count). The highest BCUT2D eigenvalue weighted by Crippen LogP contribution is 2.26. The van der Waals surface area contributed by atoms with Crippen molar-refractivity contribution in [3.63, 3.8) is 0 Å². The Morgan fingerprint density at radius 1 is 1.25 bits per heavy atom. The van der Waals surface area contributed by atoms with E-state index in [1.807, 2.05) is 17.1 Å². The summed E-state index contributed by atoms with van der Waals surface area (Å²) in [6.07, 6.45) is 14.2. The molecule has 20 heavy (non-hydrogen) atoms. The van der Waals surface area contributed by atoms with Gasteiger partial charge in [0.25, 0.3) is 0 Å². The largest absolute Gasteiger partial charge is 0.490 e. The van der Waals surface area contributed by atoms with Gasteiger partial charge in [-0.25, -0.2) is 0 Å². The minimum Gasteiger partial charge on any atom is -0.490 e. The van der Waals surface area contributed by atoms with E-state index >= 15 is 0 Å². The predicted molar refractivity (Wildman–Crippen MR) is 84.5 cm³/mol. The third-order valence-electron chi connectivity index (χ3n) is 3.97. The third kappa shape index (κ3) is 6.14. The molecule has 2 N–H and O–H groups in total. The molecule has 0 spiro atoms. The van der Waals surface area contributed by atoms with Crippen LogP contribution in [0.5, 0.6) is 5.75 Å². The van der Waals surface area contributed by atoms with Crippen molar-refractivity contribution in [1.29, 1.82) is 0 Å². The Morgan fingerprint density at radius 2 is 2.05 bits per heavy atom. The Kier molecular flexibility index (Phi) is 8.70. The molecule has 1 aliphatic rings. The lowest BCUT2D eigenvalue weighted by Gasteiger charge is -2.21. The molecular weight excluding hydrogens is 274 g/mol. The predicted octanol–water partition coefficient (Wildman–Crippen LogP) is 3.39. The van der Waals surface area contributed by atoms with E-state index in [2.05, 4.69) is 5.10 Å². The quantitative estimate of drug-likeness (QED) is 0.749. The molecule has 4 nitrogen and oxygen atoms in total. The second-order valence-corrected chi connectivity index (χ2v) is 5.58. The van der Waals surface area contributed by atoms with Gasteiger partial charge in [-0.15, -0.1) is 12.4 Å². The molecule has 0 bridgehead atoms. The number of aromatic nitrogens is 2. The van der Waals surface area contributed by atoms with Crippen LogP contribution in [0.3, 0.4) is 0 Å². The van der Waals surface area contributed by atoms with Gasteiger partial charge >= 0.3 is 0 Å². The average molecular weight is 302 g/mol. The second kappa shape index (κ2) is 10.1. The lowest BCUT2D eigenvalue weighted by molar-refractivity contribution is 0.305. The van der Waals surface area contributed by atoms with Crippen molar-refractivity contribution in [2.45, 2.75) is 57.9 Å². The molecule has 1 saturated carbocycles. The van der Waals surface area contributed by atoms with E-state index in [0.29, 0.717) is 0 Å². The zero-order valence-corrected chi connectivity index (χ0v) is 13.1. The van der Waals surface area contributed by atoms with Crippen LogP contribution in [0.4, 0.5) is 0 Å². The van der Waals surface area contributed by atoms with Crippen LogP contribution < -0.4 is 10.5 Å². The molecule has 0 radical (unpaired) electrons. The standard InChI is InChI=1S/C15H27N3O.ClH/c16-9-4-5-11-19-15-12-17-18(13-15)10-8-14-6-2-1-3-7-14;/h12-14H,1-11,16H2;1H. The molecule has 0 saturated heterocycles. The number of aryl methyl sites for hydroxylation is 1. The van der Waals surface area contributed by atoms with Crippen molar-refractivity contribution in [2.24, 2.45) is 11.7 Å². The Hall–Kier alpha value is -0.740. The van der Waals surface area contributed by atoms with Crippen LogP contribution in [0.25, 0.3) is 0 Å². The summed E-state index contributed by atoms with van der Waals surface area (Å²) in [7, 11) is 0. The molecule has 0 aromatic carbocycles. The molecule has 5 heteroatoms. The molecule has 0 amide bonds. The molecule has 1 fully saturated rings. The maximum absolute atomic E-state index is 5.64. The monoisotopic (exact) mass is 301 g/mol. The normalized spacial score (nSPS) is 15.8. The van der Waals surface area contributed by atoms with Gasteiger partial charge in [0, 0.05) is 6.54 Å². The van der Waals surface area contributed by atoms with Crippen molar-refractivity contribution in [2.75, 3.05) is 13.2 Å². The van der Waals surface area contributed by atoms with E-state index in [9.17, 15) is 0 Å². The summed E-state index contributed by atoms with van der Waals surface area (Å²) in [6, 6.07) is 0. The number of nitrogens with zero attached hydrogens (tertiary/aromatic N) is 2. The van der Waals surface area contributed by atoms with Gasteiger partial charge in [0.15, 0.2) is 5.75 Å². The molecule has 1 aliphatic carbocycles. The van der Waals surface area contributed by atoms with Crippen LogP contribution >= 0.6 is 12.4 Å². The SMILES string of the molecule is Cl.NCCCCOc1cnn(CCC2CCCCC2)c1. The van der Waals surface area contributed by atoms with Crippen molar-refractivity contribution in [3.05, 3.63) is 12.4 Å². The minimum atomic E-state index is 0. The first-order chi connectivity index (χ1) is 9.38. The van der Waals surface area contributed by atoms with E-state index < -0.39 is 0 Å². The van der Waals surface area contributed by atoms with Gasteiger partial charge in [-0.2, -0.15) is 5.10 Å². The maximum Gasteiger partial charge on any atom is 0.157 e. The van der Waals surface area contributed by atoms with Gasteiger partial charge in [-0.05, 0) is 31.7 Å². The lowest BCUT2D eigenvalue weighted by atomic mass is 9.87. The molecule has 0 atom stereocenters. The molecule has 1 heterocycles. The number of nitrogens with two attached hydrogens (primary N) is 1. The maximum atomic E-state index is 5.64. The Labute approximate surface area is 128 Å². The fourth-order valence-corrected chi connectivity index (χ4v) is 2.77. The summed E-state index contributed by atoms with van der Waals surface area (Å²) in [6.45, 7) is 2.51. The fourth-order valence-electron chi connectivity index (χ4n) is 2.77. The summed E-state index contributed by atoms with van der Waals surface area (Å²) >= 11 is 0.